The largest absolute Gasteiger partial charge is 0.489 e. The van der Waals surface area contributed by atoms with Crippen molar-refractivity contribution in [1.29, 1.82) is 0 Å². The van der Waals surface area contributed by atoms with E-state index in [0.717, 1.165) is 17.9 Å². The van der Waals surface area contributed by atoms with Crippen molar-refractivity contribution in [2.45, 2.75) is 24.7 Å². The Balaban J connectivity index is 1.85. The molecule has 1 aliphatic heterocycles. The van der Waals surface area contributed by atoms with Crippen LogP contribution >= 0.6 is 0 Å². The van der Waals surface area contributed by atoms with Crippen molar-refractivity contribution >= 4 is 0 Å². The summed E-state index contributed by atoms with van der Waals surface area (Å²) in [6.07, 6.45) is -1.27. The Morgan fingerprint density at radius 1 is 1.28 bits per heavy atom. The summed E-state index contributed by atoms with van der Waals surface area (Å²) in [5.74, 6) is -3.33. The highest BCUT2D eigenvalue weighted by molar-refractivity contribution is 5.13. The van der Waals surface area contributed by atoms with Crippen molar-refractivity contribution in [3.8, 4) is 0 Å². The summed E-state index contributed by atoms with van der Waals surface area (Å²) in [7, 11) is 0. The van der Waals surface area contributed by atoms with E-state index in [1.165, 1.54) is 0 Å². The fourth-order valence-electron chi connectivity index (χ4n) is 1.63. The Bertz CT molecular complexity index is 406. The second-order valence-corrected chi connectivity index (χ2v) is 4.07. The van der Waals surface area contributed by atoms with Crippen LogP contribution in [-0.4, -0.2) is 29.8 Å². The maximum absolute atomic E-state index is 13.5. The third kappa shape index (κ3) is 2.86. The number of hydrogen-bond donors (Lipinski definition) is 1. The first-order valence-electron chi connectivity index (χ1n) is 5.60. The number of benzene rings is 1. The predicted octanol–water partition coefficient (Wildman–Crippen LogP) is 2.11. The second-order valence-electron chi connectivity index (χ2n) is 4.07. The number of aliphatic hydroxyl groups excluding tert-OH is 1. The molecule has 0 spiro atoms. The Hall–Kier alpha value is -1.46. The maximum atomic E-state index is 13.5. The second kappa shape index (κ2) is 5.46. The van der Waals surface area contributed by atoms with E-state index < -0.39 is 18.1 Å². The lowest BCUT2D eigenvalue weighted by atomic mass is 10.1. The Labute approximate surface area is 104 Å². The molecular formula is C13H14F2O3. The first kappa shape index (κ1) is 13.0. The zero-order valence-electron chi connectivity index (χ0n) is 9.63. The lowest BCUT2D eigenvalue weighted by Gasteiger charge is -2.31. The molecule has 0 radical (unpaired) electrons. The van der Waals surface area contributed by atoms with Crippen LogP contribution in [0.2, 0.25) is 0 Å². The molecule has 1 heterocycles. The minimum atomic E-state index is -3.33. The fourth-order valence-corrected chi connectivity index (χ4v) is 1.63. The molecule has 0 amide bonds. The highest BCUT2D eigenvalue weighted by Gasteiger charge is 2.49. The average molecular weight is 256 g/mol. The van der Waals surface area contributed by atoms with Crippen molar-refractivity contribution in [3.63, 3.8) is 0 Å². The van der Waals surface area contributed by atoms with Crippen molar-refractivity contribution in [2.75, 3.05) is 6.61 Å². The van der Waals surface area contributed by atoms with Crippen LogP contribution in [0.4, 0.5) is 8.78 Å². The van der Waals surface area contributed by atoms with Crippen LogP contribution in [0.25, 0.3) is 0 Å². The molecule has 18 heavy (non-hydrogen) atoms. The molecule has 0 saturated heterocycles. The van der Waals surface area contributed by atoms with Crippen LogP contribution < -0.4 is 0 Å². The predicted molar refractivity (Wildman–Crippen MR) is 61.1 cm³/mol. The Morgan fingerprint density at radius 2 is 2.00 bits per heavy atom. The summed E-state index contributed by atoms with van der Waals surface area (Å²) in [6, 6.07) is 9.24. The first-order chi connectivity index (χ1) is 8.60. The van der Waals surface area contributed by atoms with E-state index in [4.69, 9.17) is 14.6 Å². The number of ether oxygens (including phenoxy) is 2. The van der Waals surface area contributed by atoms with Gasteiger partial charge in [0.1, 0.15) is 6.10 Å². The topological polar surface area (TPSA) is 38.7 Å². The van der Waals surface area contributed by atoms with Crippen molar-refractivity contribution < 1.29 is 23.4 Å². The van der Waals surface area contributed by atoms with Gasteiger partial charge in [-0.25, -0.2) is 0 Å². The van der Waals surface area contributed by atoms with Gasteiger partial charge in [-0.3, -0.25) is 0 Å². The molecule has 0 aromatic heterocycles. The molecule has 5 heteroatoms. The van der Waals surface area contributed by atoms with E-state index in [2.05, 4.69) is 0 Å². The molecule has 0 saturated carbocycles. The minimum Gasteiger partial charge on any atom is -0.489 e. The van der Waals surface area contributed by atoms with Gasteiger partial charge < -0.3 is 14.6 Å². The molecule has 0 fully saturated rings. The van der Waals surface area contributed by atoms with Crippen LogP contribution in [0.3, 0.4) is 0 Å². The minimum absolute atomic E-state index is 0.233. The van der Waals surface area contributed by atoms with Crippen molar-refractivity contribution in [3.05, 3.63) is 48.2 Å². The van der Waals surface area contributed by atoms with Gasteiger partial charge in [-0.15, -0.1) is 0 Å². The highest BCUT2D eigenvalue weighted by Crippen LogP contribution is 2.30. The smallest absolute Gasteiger partial charge is 0.315 e. The zero-order valence-corrected chi connectivity index (χ0v) is 9.63. The summed E-state index contributed by atoms with van der Waals surface area (Å²) >= 11 is 0. The number of hydrogen-bond acceptors (Lipinski definition) is 3. The van der Waals surface area contributed by atoms with E-state index in [-0.39, 0.29) is 13.2 Å². The van der Waals surface area contributed by atoms with E-state index in [9.17, 15) is 8.78 Å². The fraction of sp³-hybridized carbons (Fsp3) is 0.385. The van der Waals surface area contributed by atoms with Gasteiger partial charge >= 0.3 is 5.92 Å². The van der Waals surface area contributed by atoms with Gasteiger partial charge in [0.15, 0.2) is 6.10 Å². The maximum Gasteiger partial charge on any atom is 0.315 e. The van der Waals surface area contributed by atoms with E-state index in [1.54, 1.807) is 0 Å². The number of rotatable bonds is 4. The van der Waals surface area contributed by atoms with Gasteiger partial charge in [0.2, 0.25) is 0 Å². The van der Waals surface area contributed by atoms with Gasteiger partial charge in [0.05, 0.1) is 19.5 Å². The lowest BCUT2D eigenvalue weighted by Crippen LogP contribution is -2.49. The standard InChI is InChI=1S/C13H14F2O3/c14-13(15)11(16)6-7-18-12(13)9-17-8-10-4-2-1-3-5-10/h1-7,11-12,16H,8-9H2/t11-,12-/m0/s1. The third-order valence-corrected chi connectivity index (χ3v) is 2.71. The van der Waals surface area contributed by atoms with Crippen molar-refractivity contribution in [1.82, 2.24) is 0 Å². The third-order valence-electron chi connectivity index (χ3n) is 2.71. The number of aliphatic hydroxyl groups is 1. The van der Waals surface area contributed by atoms with Gasteiger partial charge in [-0.05, 0) is 11.6 Å². The van der Waals surface area contributed by atoms with E-state index >= 15 is 0 Å². The van der Waals surface area contributed by atoms with Crippen LogP contribution in [0, 0.1) is 0 Å². The monoisotopic (exact) mass is 256 g/mol. The molecule has 98 valence electrons. The Morgan fingerprint density at radius 3 is 2.72 bits per heavy atom. The molecule has 1 aromatic rings. The van der Waals surface area contributed by atoms with Crippen LogP contribution in [0.5, 0.6) is 0 Å². The van der Waals surface area contributed by atoms with Crippen LogP contribution in [0.1, 0.15) is 5.56 Å². The summed E-state index contributed by atoms with van der Waals surface area (Å²) in [5, 5.41) is 9.15. The van der Waals surface area contributed by atoms with E-state index in [1.807, 2.05) is 30.3 Å². The number of alkyl halides is 2. The van der Waals surface area contributed by atoms with Gasteiger partial charge in [-0.2, -0.15) is 8.78 Å². The van der Waals surface area contributed by atoms with Crippen LogP contribution in [-0.2, 0) is 16.1 Å². The molecule has 0 aliphatic carbocycles. The summed E-state index contributed by atoms with van der Waals surface area (Å²) < 4.78 is 36.9. The Kier molecular flexibility index (Phi) is 3.93. The van der Waals surface area contributed by atoms with Crippen LogP contribution in [0.15, 0.2) is 42.7 Å². The highest BCUT2D eigenvalue weighted by atomic mass is 19.3. The zero-order chi connectivity index (χ0) is 13.0. The quantitative estimate of drug-likeness (QED) is 0.896. The van der Waals surface area contributed by atoms with Gasteiger partial charge in [-0.1, -0.05) is 30.3 Å². The summed E-state index contributed by atoms with van der Waals surface area (Å²) in [6.45, 7) is -0.0418. The molecule has 0 unspecified atom stereocenters. The molecule has 2 rings (SSSR count). The summed E-state index contributed by atoms with van der Waals surface area (Å²) in [4.78, 5) is 0. The molecule has 1 aliphatic rings. The van der Waals surface area contributed by atoms with Gasteiger partial charge in [0.25, 0.3) is 0 Å². The SMILES string of the molecule is O[C@H]1C=CO[C@@H](COCc2ccccc2)C1(F)F. The number of halogens is 2. The average Bonchev–Trinajstić information content (AvgIpc) is 2.36. The summed E-state index contributed by atoms with van der Waals surface area (Å²) in [5.41, 5.74) is 0.896. The molecule has 2 atom stereocenters. The molecular weight excluding hydrogens is 242 g/mol. The normalized spacial score (nSPS) is 25.7. The molecule has 1 N–H and O–H groups in total. The molecule has 3 nitrogen and oxygen atoms in total. The lowest BCUT2D eigenvalue weighted by molar-refractivity contribution is -0.192. The first-order valence-corrected chi connectivity index (χ1v) is 5.60. The van der Waals surface area contributed by atoms with Gasteiger partial charge in [0, 0.05) is 0 Å². The molecule has 1 aromatic carbocycles. The molecule has 0 bridgehead atoms. The van der Waals surface area contributed by atoms with E-state index in [0.29, 0.717) is 0 Å². The van der Waals surface area contributed by atoms with Crippen molar-refractivity contribution in [2.24, 2.45) is 0 Å².